The third-order valence-corrected chi connectivity index (χ3v) is 8.97. The summed E-state index contributed by atoms with van der Waals surface area (Å²) in [4.78, 5) is 39.0. The predicted octanol–water partition coefficient (Wildman–Crippen LogP) is 5.54. The van der Waals surface area contributed by atoms with Crippen LogP contribution in [0, 0.1) is 27.9 Å². The first-order valence-electron chi connectivity index (χ1n) is 14.3. The van der Waals surface area contributed by atoms with Crippen LogP contribution in [-0.4, -0.2) is 46.3 Å². The number of ether oxygens (including phenoxy) is 1. The molecule has 2 N–H and O–H groups in total. The fourth-order valence-corrected chi connectivity index (χ4v) is 6.94. The van der Waals surface area contributed by atoms with Crippen LogP contribution >= 0.6 is 0 Å². The van der Waals surface area contributed by atoms with E-state index in [4.69, 9.17) is 4.74 Å². The van der Waals surface area contributed by atoms with Crippen molar-refractivity contribution < 1.29 is 29.5 Å². The summed E-state index contributed by atoms with van der Waals surface area (Å²) >= 11 is 0. The van der Waals surface area contributed by atoms with Crippen LogP contribution in [0.25, 0.3) is 16.8 Å². The van der Waals surface area contributed by atoms with E-state index < -0.39 is 22.7 Å². The number of nitrogens with zero attached hydrogens (tertiary/aromatic N) is 2. The molecule has 0 saturated carbocycles. The lowest BCUT2D eigenvalue weighted by molar-refractivity contribution is -0.384. The molecule has 2 saturated heterocycles. The van der Waals surface area contributed by atoms with Crippen molar-refractivity contribution in [3.8, 4) is 5.75 Å². The van der Waals surface area contributed by atoms with Gasteiger partial charge in [0, 0.05) is 23.4 Å². The highest BCUT2D eigenvalue weighted by Gasteiger charge is 2.57. The Morgan fingerprint density at radius 1 is 1.07 bits per heavy atom. The maximum absolute atomic E-state index is 13.7. The molecule has 42 heavy (non-hydrogen) atoms. The van der Waals surface area contributed by atoms with Crippen LogP contribution in [0.1, 0.15) is 38.2 Å². The summed E-state index contributed by atoms with van der Waals surface area (Å²) in [6.07, 6.45) is 4.37. The number of hydrogen-bond acceptors (Lipinski definition) is 7. The van der Waals surface area contributed by atoms with Gasteiger partial charge in [-0.25, -0.2) is 4.90 Å². The zero-order chi connectivity index (χ0) is 29.5. The van der Waals surface area contributed by atoms with Crippen LogP contribution in [0.15, 0.2) is 77.4 Å². The Labute approximate surface area is 242 Å². The molecular formula is C33H32N2O7. The highest BCUT2D eigenvalue weighted by molar-refractivity contribution is 6.22. The third kappa shape index (κ3) is 4.68. The number of rotatable bonds is 8. The zero-order valence-corrected chi connectivity index (χ0v) is 23.2. The molecule has 3 aromatic carbocycles. The Morgan fingerprint density at radius 3 is 2.60 bits per heavy atom. The van der Waals surface area contributed by atoms with Crippen molar-refractivity contribution in [1.29, 1.82) is 0 Å². The van der Waals surface area contributed by atoms with Crippen LogP contribution in [0.3, 0.4) is 0 Å². The van der Waals surface area contributed by atoms with Crippen molar-refractivity contribution in [2.75, 3.05) is 18.1 Å². The van der Waals surface area contributed by atoms with E-state index >= 15 is 0 Å². The van der Waals surface area contributed by atoms with E-state index in [0.29, 0.717) is 6.42 Å². The normalized spacial score (nSPS) is 24.0. The van der Waals surface area contributed by atoms with Crippen LogP contribution in [-0.2, 0) is 14.3 Å². The lowest BCUT2D eigenvalue weighted by Crippen LogP contribution is -2.35. The summed E-state index contributed by atoms with van der Waals surface area (Å²) in [6.45, 7) is 2.16. The highest BCUT2D eigenvalue weighted by Crippen LogP contribution is 2.50. The zero-order valence-electron chi connectivity index (χ0n) is 23.2. The van der Waals surface area contributed by atoms with Crippen LogP contribution in [0.2, 0.25) is 0 Å². The maximum atomic E-state index is 13.7. The van der Waals surface area contributed by atoms with Crippen LogP contribution < -0.4 is 4.90 Å². The number of imide groups is 1. The monoisotopic (exact) mass is 568 g/mol. The number of phenols is 1. The number of aliphatic hydroxyl groups is 1. The number of anilines is 1. The second-order valence-electron chi connectivity index (χ2n) is 11.2. The van der Waals surface area contributed by atoms with E-state index in [9.17, 15) is 29.9 Å². The number of phenolic OH excluding ortho intramolecular Hbond substituents is 1. The Kier molecular flexibility index (Phi) is 7.38. The number of carbonyl (C=O) groups excluding carboxylic acids is 2. The van der Waals surface area contributed by atoms with E-state index in [-0.39, 0.29) is 54.7 Å². The molecule has 216 valence electrons. The van der Waals surface area contributed by atoms with Gasteiger partial charge in [-0.15, -0.1) is 0 Å². The molecular weight excluding hydrogens is 536 g/mol. The van der Waals surface area contributed by atoms with Gasteiger partial charge in [0.25, 0.3) is 5.69 Å². The third-order valence-electron chi connectivity index (χ3n) is 8.97. The number of nitro benzene ring substituents is 1. The van der Waals surface area contributed by atoms with E-state index in [0.717, 1.165) is 45.2 Å². The van der Waals surface area contributed by atoms with Gasteiger partial charge < -0.3 is 14.9 Å². The minimum absolute atomic E-state index is 0.190. The molecule has 6 rings (SSSR count). The molecule has 3 aromatic rings. The molecule has 1 aliphatic carbocycles. The number of fused-ring (bicyclic) bond motifs is 4. The van der Waals surface area contributed by atoms with Crippen molar-refractivity contribution in [1.82, 2.24) is 0 Å². The van der Waals surface area contributed by atoms with Gasteiger partial charge in [-0.1, -0.05) is 55.0 Å². The summed E-state index contributed by atoms with van der Waals surface area (Å²) in [7, 11) is 0. The number of carbonyl (C=O) groups is 2. The van der Waals surface area contributed by atoms with E-state index in [1.54, 1.807) is 6.07 Å². The summed E-state index contributed by atoms with van der Waals surface area (Å²) in [5.41, 5.74) is 3.90. The summed E-state index contributed by atoms with van der Waals surface area (Å²) in [5, 5.41) is 33.7. The standard InChI is InChI=1S/C33H32N2O7/c1-2-19(14-20-11-12-28(37)25-9-4-3-8-24(20)25)10-13-29-30-21(17-36)15-26-31(27(30)18-42-29)33(39)34(32(26)38)22-6-5-7-23(16-22)35(40)41/h3-9,11-12,14,16,26-27,29,31,36-37H,2,10,13,15,17-18H2,1H3/b19-14+/t26-,27+,29-,31-/m1/s1. The first-order chi connectivity index (χ1) is 20.3. The minimum atomic E-state index is -0.635. The highest BCUT2D eigenvalue weighted by atomic mass is 16.6. The molecule has 0 aromatic heterocycles. The Morgan fingerprint density at radius 2 is 1.86 bits per heavy atom. The van der Waals surface area contributed by atoms with Crippen molar-refractivity contribution in [2.24, 2.45) is 17.8 Å². The first kappa shape index (κ1) is 27.8. The molecule has 9 nitrogen and oxygen atoms in total. The van der Waals surface area contributed by atoms with Gasteiger partial charge in [-0.05, 0) is 59.9 Å². The smallest absolute Gasteiger partial charge is 0.271 e. The lowest BCUT2D eigenvalue weighted by Gasteiger charge is -2.31. The number of hydrogen-bond donors (Lipinski definition) is 2. The number of allylic oxidation sites excluding steroid dienone is 1. The van der Waals surface area contributed by atoms with Gasteiger partial charge in [0.2, 0.25) is 11.8 Å². The molecule has 2 amide bonds. The van der Waals surface area contributed by atoms with Crippen LogP contribution in [0.5, 0.6) is 5.75 Å². The topological polar surface area (TPSA) is 130 Å². The number of aromatic hydroxyl groups is 1. The number of benzene rings is 3. The number of nitro groups is 1. The summed E-state index contributed by atoms with van der Waals surface area (Å²) < 4.78 is 6.25. The van der Waals surface area contributed by atoms with Gasteiger partial charge in [-0.2, -0.15) is 0 Å². The molecule has 2 fully saturated rings. The Balaban J connectivity index is 1.24. The first-order valence-corrected chi connectivity index (χ1v) is 14.3. The van der Waals surface area contributed by atoms with Gasteiger partial charge in [0.15, 0.2) is 0 Å². The quantitative estimate of drug-likeness (QED) is 0.158. The second-order valence-corrected chi connectivity index (χ2v) is 11.2. The van der Waals surface area contributed by atoms with Gasteiger partial charge in [-0.3, -0.25) is 19.7 Å². The maximum Gasteiger partial charge on any atom is 0.271 e. The lowest BCUT2D eigenvalue weighted by atomic mass is 9.69. The van der Waals surface area contributed by atoms with Crippen molar-refractivity contribution in [3.05, 3.63) is 93.1 Å². The molecule has 3 aliphatic rings. The van der Waals surface area contributed by atoms with Gasteiger partial charge >= 0.3 is 0 Å². The number of non-ortho nitro benzene ring substituents is 1. The summed E-state index contributed by atoms with van der Waals surface area (Å²) in [6, 6.07) is 16.9. The molecule has 2 aliphatic heterocycles. The number of amides is 2. The second kappa shape index (κ2) is 11.2. The van der Waals surface area contributed by atoms with E-state index in [1.165, 1.54) is 29.8 Å². The Bertz CT molecular complexity index is 1660. The van der Waals surface area contributed by atoms with E-state index in [2.05, 4.69) is 13.0 Å². The molecule has 0 spiro atoms. The average Bonchev–Trinajstić information content (AvgIpc) is 3.54. The Hall–Kier alpha value is -4.34. The molecule has 0 bridgehead atoms. The van der Waals surface area contributed by atoms with Crippen LogP contribution in [0.4, 0.5) is 11.4 Å². The van der Waals surface area contributed by atoms with E-state index in [1.807, 2.05) is 30.3 Å². The van der Waals surface area contributed by atoms with Gasteiger partial charge in [0.05, 0.1) is 41.8 Å². The van der Waals surface area contributed by atoms with Gasteiger partial charge in [0.1, 0.15) is 5.75 Å². The molecule has 0 radical (unpaired) electrons. The number of aliphatic hydroxyl groups excluding tert-OH is 1. The fraction of sp³-hybridized carbons (Fsp3) is 0.333. The molecule has 0 unspecified atom stereocenters. The van der Waals surface area contributed by atoms with Crippen molar-refractivity contribution in [2.45, 2.75) is 38.7 Å². The molecule has 2 heterocycles. The summed E-state index contributed by atoms with van der Waals surface area (Å²) in [5.74, 6) is -2.11. The molecule has 4 atom stereocenters. The SMILES string of the molecule is CC/C(=C\c1ccc(O)c2ccccc12)CC[C@H]1OC[C@H]2C1=C(CO)C[C@H]1C(=O)N(c3cccc([N+](=O)[O-])c3)C(=O)[C@H]12. The fourth-order valence-electron chi connectivity index (χ4n) is 6.94. The van der Waals surface area contributed by atoms with Crippen molar-refractivity contribution in [3.63, 3.8) is 0 Å². The van der Waals surface area contributed by atoms with Crippen molar-refractivity contribution >= 4 is 40.0 Å². The molecule has 9 heteroatoms. The minimum Gasteiger partial charge on any atom is -0.507 e. The average molecular weight is 569 g/mol. The largest absolute Gasteiger partial charge is 0.507 e. The predicted molar refractivity (Wildman–Crippen MR) is 158 cm³/mol.